The van der Waals surface area contributed by atoms with Crippen LogP contribution in [0.4, 0.5) is 0 Å². The molecule has 1 saturated heterocycles. The monoisotopic (exact) mass is 430 g/mol. The third kappa shape index (κ3) is 3.06. The molecule has 1 unspecified atom stereocenters. The van der Waals surface area contributed by atoms with Crippen LogP contribution in [0.15, 0.2) is 67.0 Å². The van der Waals surface area contributed by atoms with Crippen LogP contribution in [-0.4, -0.2) is 34.6 Å². The van der Waals surface area contributed by atoms with Gasteiger partial charge in [-0.1, -0.05) is 48.0 Å². The Morgan fingerprint density at radius 2 is 1.84 bits per heavy atom. The van der Waals surface area contributed by atoms with Gasteiger partial charge in [0.15, 0.2) is 0 Å². The van der Waals surface area contributed by atoms with Crippen LogP contribution in [0.1, 0.15) is 59.1 Å². The van der Waals surface area contributed by atoms with Crippen molar-refractivity contribution < 1.29 is 5.11 Å². The Labute approximate surface area is 188 Å². The molecule has 158 valence electrons. The molecule has 1 fully saturated rings. The van der Waals surface area contributed by atoms with Crippen molar-refractivity contribution in [3.63, 3.8) is 0 Å². The van der Waals surface area contributed by atoms with E-state index in [9.17, 15) is 5.11 Å². The number of aromatic nitrogens is 1. The van der Waals surface area contributed by atoms with Gasteiger partial charge in [0.25, 0.3) is 0 Å². The highest BCUT2D eigenvalue weighted by Gasteiger charge is 2.53. The molecule has 2 heterocycles. The fourth-order valence-electron chi connectivity index (χ4n) is 6.45. The smallest absolute Gasteiger partial charge is 0.0833 e. The fraction of sp³-hybridized carbons (Fsp3) is 0.370. The highest BCUT2D eigenvalue weighted by Crippen LogP contribution is 2.60. The van der Waals surface area contributed by atoms with Crippen LogP contribution in [0.2, 0.25) is 5.02 Å². The molecule has 1 aliphatic heterocycles. The van der Waals surface area contributed by atoms with Crippen LogP contribution in [0, 0.1) is 5.92 Å². The predicted octanol–water partition coefficient (Wildman–Crippen LogP) is 5.32. The summed E-state index contributed by atoms with van der Waals surface area (Å²) in [6.07, 6.45) is 6.32. The molecule has 1 aromatic heterocycles. The van der Waals surface area contributed by atoms with Crippen LogP contribution in [0.3, 0.4) is 0 Å². The number of rotatable bonds is 4. The zero-order valence-electron chi connectivity index (χ0n) is 17.5. The van der Waals surface area contributed by atoms with E-state index in [-0.39, 0.29) is 5.41 Å². The minimum Gasteiger partial charge on any atom is -0.388 e. The Morgan fingerprint density at radius 3 is 2.65 bits per heavy atom. The lowest BCUT2D eigenvalue weighted by Crippen LogP contribution is -2.44. The second-order valence-corrected chi connectivity index (χ2v) is 9.94. The number of pyridine rings is 1. The van der Waals surface area contributed by atoms with Crippen LogP contribution in [0.5, 0.6) is 0 Å². The van der Waals surface area contributed by atoms with Crippen molar-refractivity contribution in [1.29, 1.82) is 0 Å². The van der Waals surface area contributed by atoms with Gasteiger partial charge in [0.05, 0.1) is 6.10 Å². The summed E-state index contributed by atoms with van der Waals surface area (Å²) in [6.45, 7) is 3.07. The van der Waals surface area contributed by atoms with E-state index in [2.05, 4.69) is 46.3 Å². The summed E-state index contributed by atoms with van der Waals surface area (Å²) in [5.74, 6) is 0.792. The molecule has 3 atom stereocenters. The molecule has 0 amide bonds. The number of likely N-dealkylation sites (tertiary alicyclic amines) is 1. The van der Waals surface area contributed by atoms with Gasteiger partial charge >= 0.3 is 0 Å². The molecule has 31 heavy (non-hydrogen) atoms. The first-order valence-corrected chi connectivity index (χ1v) is 11.7. The molecular weight excluding hydrogens is 404 g/mol. The number of benzene rings is 2. The summed E-state index contributed by atoms with van der Waals surface area (Å²) in [4.78, 5) is 6.79. The lowest BCUT2D eigenvalue weighted by Gasteiger charge is -2.40. The maximum absolute atomic E-state index is 10.8. The summed E-state index contributed by atoms with van der Waals surface area (Å²) in [6, 6.07) is 19.4. The van der Waals surface area contributed by atoms with Gasteiger partial charge in [0.2, 0.25) is 0 Å². The molecule has 0 saturated carbocycles. The Hall–Kier alpha value is -2.20. The Morgan fingerprint density at radius 1 is 1.03 bits per heavy atom. The summed E-state index contributed by atoms with van der Waals surface area (Å²) >= 11 is 6.46. The number of piperidine rings is 1. The maximum Gasteiger partial charge on any atom is 0.0833 e. The van der Waals surface area contributed by atoms with E-state index in [1.807, 2.05) is 18.2 Å². The van der Waals surface area contributed by atoms with E-state index in [0.717, 1.165) is 49.5 Å². The van der Waals surface area contributed by atoms with Crippen molar-refractivity contribution in [3.8, 4) is 0 Å². The molecular formula is C27H27ClN2O. The average molecular weight is 431 g/mol. The number of halogens is 1. The zero-order valence-corrected chi connectivity index (χ0v) is 18.3. The highest BCUT2D eigenvalue weighted by molar-refractivity contribution is 6.30. The SMILES string of the molecule is OC(c1cccnc1)C1CCN(C[C@]23C[C@@H](c4ccccc42)c2ccc(Cl)cc23)CC1. The lowest BCUT2D eigenvalue weighted by molar-refractivity contribution is 0.0538. The standard InChI is InChI=1S/C27H27ClN2O/c28-20-7-8-22-23-15-27(25(22)14-20,24-6-2-1-5-21(23)24)17-30-12-9-18(10-13-30)26(31)19-4-3-11-29-16-19/h1-8,11,14,16,18,23,26,31H,9-10,12-13,15,17H2/t23-,26?,27+/m0/s1. The van der Waals surface area contributed by atoms with Gasteiger partial charge in [0, 0.05) is 35.3 Å². The van der Waals surface area contributed by atoms with Crippen LogP contribution in [0.25, 0.3) is 0 Å². The van der Waals surface area contributed by atoms with E-state index in [1.54, 1.807) is 12.4 Å². The maximum atomic E-state index is 10.8. The van der Waals surface area contributed by atoms with Crippen molar-refractivity contribution in [2.75, 3.05) is 19.6 Å². The average Bonchev–Trinajstić information content (AvgIpc) is 3.31. The molecule has 3 aromatic rings. The minimum absolute atomic E-state index is 0.0380. The molecule has 3 nitrogen and oxygen atoms in total. The summed E-state index contributed by atoms with van der Waals surface area (Å²) in [7, 11) is 0. The molecule has 2 aliphatic carbocycles. The van der Waals surface area contributed by atoms with Crippen molar-refractivity contribution >= 4 is 11.6 Å². The molecule has 2 aromatic carbocycles. The predicted molar refractivity (Wildman–Crippen MR) is 123 cm³/mol. The quantitative estimate of drug-likeness (QED) is 0.608. The van der Waals surface area contributed by atoms with Gasteiger partial charge in [-0.05, 0) is 84.3 Å². The van der Waals surface area contributed by atoms with E-state index >= 15 is 0 Å². The van der Waals surface area contributed by atoms with E-state index in [4.69, 9.17) is 11.6 Å². The zero-order chi connectivity index (χ0) is 21.0. The van der Waals surface area contributed by atoms with Gasteiger partial charge in [-0.3, -0.25) is 4.98 Å². The van der Waals surface area contributed by atoms with Crippen molar-refractivity contribution in [1.82, 2.24) is 9.88 Å². The molecule has 0 radical (unpaired) electrons. The number of nitrogens with zero attached hydrogens (tertiary/aromatic N) is 2. The van der Waals surface area contributed by atoms with Crippen LogP contribution < -0.4 is 0 Å². The molecule has 2 bridgehead atoms. The highest BCUT2D eigenvalue weighted by atomic mass is 35.5. The van der Waals surface area contributed by atoms with E-state index < -0.39 is 6.10 Å². The van der Waals surface area contributed by atoms with Crippen LogP contribution in [-0.2, 0) is 5.41 Å². The third-order valence-electron chi connectivity index (χ3n) is 7.91. The van der Waals surface area contributed by atoms with Gasteiger partial charge in [-0.15, -0.1) is 0 Å². The van der Waals surface area contributed by atoms with Crippen LogP contribution >= 0.6 is 11.6 Å². The van der Waals surface area contributed by atoms with Crippen molar-refractivity contribution in [3.05, 3.63) is 99.8 Å². The van der Waals surface area contributed by atoms with E-state index in [0.29, 0.717) is 11.8 Å². The number of aliphatic hydroxyl groups is 1. The normalized spacial score (nSPS) is 25.9. The number of hydrogen-bond acceptors (Lipinski definition) is 3. The molecule has 1 N–H and O–H groups in total. The fourth-order valence-corrected chi connectivity index (χ4v) is 6.62. The number of aliphatic hydroxyl groups excluding tert-OH is 1. The van der Waals surface area contributed by atoms with Gasteiger partial charge in [-0.2, -0.15) is 0 Å². The first-order chi connectivity index (χ1) is 15.2. The topological polar surface area (TPSA) is 36.4 Å². The Kier molecular flexibility index (Phi) is 4.68. The Bertz CT molecular complexity index is 1110. The second-order valence-electron chi connectivity index (χ2n) is 9.50. The number of fused-ring (bicyclic) bond motifs is 8. The molecule has 6 rings (SSSR count). The summed E-state index contributed by atoms with van der Waals surface area (Å²) < 4.78 is 0. The Balaban J connectivity index is 1.25. The molecule has 0 spiro atoms. The number of hydrogen-bond donors (Lipinski definition) is 1. The molecule has 4 heteroatoms. The summed E-state index contributed by atoms with van der Waals surface area (Å²) in [5, 5.41) is 11.7. The largest absolute Gasteiger partial charge is 0.388 e. The minimum atomic E-state index is -0.420. The lowest BCUT2D eigenvalue weighted by atomic mass is 9.74. The third-order valence-corrected chi connectivity index (χ3v) is 8.14. The van der Waals surface area contributed by atoms with Gasteiger partial charge < -0.3 is 10.0 Å². The first kappa shape index (κ1) is 19.5. The molecule has 3 aliphatic rings. The first-order valence-electron chi connectivity index (χ1n) is 11.4. The second kappa shape index (κ2) is 7.44. The van der Waals surface area contributed by atoms with Crippen molar-refractivity contribution in [2.45, 2.75) is 36.7 Å². The van der Waals surface area contributed by atoms with Crippen molar-refractivity contribution in [2.24, 2.45) is 5.92 Å². The summed E-state index contributed by atoms with van der Waals surface area (Å²) in [5.41, 5.74) is 6.86. The van der Waals surface area contributed by atoms with Gasteiger partial charge in [-0.25, -0.2) is 0 Å². The van der Waals surface area contributed by atoms with E-state index in [1.165, 1.54) is 22.3 Å². The van der Waals surface area contributed by atoms with Gasteiger partial charge in [0.1, 0.15) is 0 Å².